The highest BCUT2D eigenvalue weighted by atomic mass is 16.5. The summed E-state index contributed by atoms with van der Waals surface area (Å²) in [7, 11) is 0. The Kier molecular flexibility index (Phi) is 5.43. The molecule has 0 aliphatic carbocycles. The predicted octanol–water partition coefficient (Wildman–Crippen LogP) is 4.83. The van der Waals surface area contributed by atoms with Crippen molar-refractivity contribution in [3.05, 3.63) is 59.2 Å². The quantitative estimate of drug-likeness (QED) is 0.858. The normalized spacial score (nSPS) is 12.1. The van der Waals surface area contributed by atoms with Gasteiger partial charge in [0.1, 0.15) is 5.75 Å². The zero-order chi connectivity index (χ0) is 17.0. The Bertz CT molecular complexity index is 675. The molecule has 1 atom stereocenters. The molecule has 2 rings (SSSR count). The van der Waals surface area contributed by atoms with Crippen LogP contribution in [0.2, 0.25) is 0 Å². The molecule has 0 saturated heterocycles. The van der Waals surface area contributed by atoms with Gasteiger partial charge >= 0.3 is 0 Å². The van der Waals surface area contributed by atoms with E-state index >= 15 is 0 Å². The molecule has 1 N–H and O–H groups in total. The van der Waals surface area contributed by atoms with E-state index in [1.165, 1.54) is 5.56 Å². The zero-order valence-electron chi connectivity index (χ0n) is 14.5. The summed E-state index contributed by atoms with van der Waals surface area (Å²) in [6.45, 7) is 10.0. The van der Waals surface area contributed by atoms with E-state index in [4.69, 9.17) is 4.74 Å². The number of hydrogen-bond acceptors (Lipinski definition) is 2. The highest BCUT2D eigenvalue weighted by molar-refractivity contribution is 5.94. The number of nitrogens with one attached hydrogen (secondary N) is 1. The van der Waals surface area contributed by atoms with Crippen molar-refractivity contribution in [2.45, 2.75) is 46.6 Å². The molecular weight excluding hydrogens is 286 g/mol. The molecule has 0 bridgehead atoms. The molecule has 0 spiro atoms. The van der Waals surface area contributed by atoms with Gasteiger partial charge in [-0.3, -0.25) is 4.79 Å². The first-order valence-electron chi connectivity index (χ1n) is 8.01. The number of carbonyl (C=O) groups is 1. The van der Waals surface area contributed by atoms with Gasteiger partial charge in [-0.05, 0) is 61.6 Å². The van der Waals surface area contributed by atoms with Crippen molar-refractivity contribution in [3.63, 3.8) is 0 Å². The van der Waals surface area contributed by atoms with E-state index < -0.39 is 6.10 Å². The third kappa shape index (κ3) is 4.59. The third-order valence-corrected chi connectivity index (χ3v) is 3.86. The van der Waals surface area contributed by atoms with Crippen LogP contribution in [0.25, 0.3) is 0 Å². The second-order valence-corrected chi connectivity index (χ2v) is 6.29. The van der Waals surface area contributed by atoms with Crippen LogP contribution in [0.1, 0.15) is 43.4 Å². The minimum atomic E-state index is -0.555. The number of ether oxygens (including phenoxy) is 1. The minimum absolute atomic E-state index is 0.150. The van der Waals surface area contributed by atoms with E-state index in [9.17, 15) is 4.79 Å². The van der Waals surface area contributed by atoms with Gasteiger partial charge in [-0.1, -0.05) is 38.1 Å². The van der Waals surface area contributed by atoms with E-state index in [0.29, 0.717) is 5.92 Å². The van der Waals surface area contributed by atoms with Gasteiger partial charge in [0.25, 0.3) is 5.91 Å². The zero-order valence-corrected chi connectivity index (χ0v) is 14.5. The van der Waals surface area contributed by atoms with E-state index in [1.54, 1.807) is 6.92 Å². The molecule has 3 nitrogen and oxygen atoms in total. The summed E-state index contributed by atoms with van der Waals surface area (Å²) in [4.78, 5) is 12.3. The van der Waals surface area contributed by atoms with Crippen molar-refractivity contribution in [2.24, 2.45) is 0 Å². The summed E-state index contributed by atoms with van der Waals surface area (Å²) in [5.74, 6) is 1.08. The molecule has 23 heavy (non-hydrogen) atoms. The van der Waals surface area contributed by atoms with Crippen molar-refractivity contribution in [1.82, 2.24) is 0 Å². The Labute approximate surface area is 138 Å². The molecular formula is C20H25NO2. The standard InChI is InChI=1S/C20H25NO2/c1-13(2)17-8-10-18(11-9-17)21-20(22)16(5)23-19-12-14(3)6-7-15(19)4/h6-13,16H,1-5H3,(H,21,22)/t16-/m1/s1. The van der Waals surface area contributed by atoms with E-state index in [-0.39, 0.29) is 5.91 Å². The highest BCUT2D eigenvalue weighted by Crippen LogP contribution is 2.21. The summed E-state index contributed by atoms with van der Waals surface area (Å²) < 4.78 is 5.81. The Balaban J connectivity index is 2.01. The molecule has 1 amide bonds. The van der Waals surface area contributed by atoms with Gasteiger partial charge in [0, 0.05) is 5.69 Å². The Morgan fingerprint density at radius 1 is 1.00 bits per heavy atom. The number of hydrogen-bond donors (Lipinski definition) is 1. The lowest BCUT2D eigenvalue weighted by atomic mass is 10.0. The molecule has 0 fully saturated rings. The van der Waals surface area contributed by atoms with Crippen LogP contribution < -0.4 is 10.1 Å². The van der Waals surface area contributed by atoms with Crippen molar-refractivity contribution in [1.29, 1.82) is 0 Å². The number of anilines is 1. The van der Waals surface area contributed by atoms with Crippen LogP contribution in [-0.4, -0.2) is 12.0 Å². The van der Waals surface area contributed by atoms with E-state index in [1.807, 2.05) is 56.3 Å². The fourth-order valence-corrected chi connectivity index (χ4v) is 2.27. The van der Waals surface area contributed by atoms with Crippen molar-refractivity contribution >= 4 is 11.6 Å². The SMILES string of the molecule is Cc1ccc(C)c(O[C@H](C)C(=O)Nc2ccc(C(C)C)cc2)c1. The average Bonchev–Trinajstić information content (AvgIpc) is 2.51. The Morgan fingerprint density at radius 3 is 2.26 bits per heavy atom. The Hall–Kier alpha value is -2.29. The van der Waals surface area contributed by atoms with Gasteiger partial charge in [-0.2, -0.15) is 0 Å². The fraction of sp³-hybridized carbons (Fsp3) is 0.350. The van der Waals surface area contributed by atoms with Crippen LogP contribution in [0, 0.1) is 13.8 Å². The minimum Gasteiger partial charge on any atom is -0.481 e. The number of amides is 1. The number of rotatable bonds is 5. The first-order valence-corrected chi connectivity index (χ1v) is 8.01. The van der Waals surface area contributed by atoms with Gasteiger partial charge < -0.3 is 10.1 Å². The smallest absolute Gasteiger partial charge is 0.265 e. The lowest BCUT2D eigenvalue weighted by Crippen LogP contribution is -2.30. The van der Waals surface area contributed by atoms with Gasteiger partial charge in [-0.25, -0.2) is 0 Å². The van der Waals surface area contributed by atoms with Crippen molar-refractivity contribution < 1.29 is 9.53 Å². The maximum absolute atomic E-state index is 12.3. The number of benzene rings is 2. The molecule has 2 aromatic carbocycles. The average molecular weight is 311 g/mol. The summed E-state index contributed by atoms with van der Waals surface area (Å²) in [6.07, 6.45) is -0.555. The van der Waals surface area contributed by atoms with E-state index in [2.05, 4.69) is 19.2 Å². The Morgan fingerprint density at radius 2 is 1.65 bits per heavy atom. The molecule has 0 aromatic heterocycles. The first-order chi connectivity index (χ1) is 10.9. The summed E-state index contributed by atoms with van der Waals surface area (Å²) in [5, 5.41) is 2.90. The highest BCUT2D eigenvalue weighted by Gasteiger charge is 2.16. The molecule has 2 aromatic rings. The van der Waals surface area contributed by atoms with Crippen LogP contribution in [0.5, 0.6) is 5.75 Å². The maximum atomic E-state index is 12.3. The van der Waals surface area contributed by atoms with Gasteiger partial charge in [0.05, 0.1) is 0 Å². The molecule has 0 unspecified atom stereocenters. The van der Waals surface area contributed by atoms with Gasteiger partial charge in [0.2, 0.25) is 0 Å². The molecule has 0 saturated carbocycles. The summed E-state index contributed by atoms with van der Waals surface area (Å²) in [5.41, 5.74) is 4.18. The molecule has 0 aliphatic rings. The van der Waals surface area contributed by atoms with Crippen molar-refractivity contribution in [2.75, 3.05) is 5.32 Å². The van der Waals surface area contributed by atoms with E-state index in [0.717, 1.165) is 22.6 Å². The molecule has 0 aliphatic heterocycles. The van der Waals surface area contributed by atoms with Crippen LogP contribution in [-0.2, 0) is 4.79 Å². The lowest BCUT2D eigenvalue weighted by Gasteiger charge is -2.17. The van der Waals surface area contributed by atoms with Crippen LogP contribution in [0.3, 0.4) is 0 Å². The third-order valence-electron chi connectivity index (χ3n) is 3.86. The second-order valence-electron chi connectivity index (χ2n) is 6.29. The van der Waals surface area contributed by atoms with Gasteiger partial charge in [-0.15, -0.1) is 0 Å². The van der Waals surface area contributed by atoms with Crippen LogP contribution >= 0.6 is 0 Å². The maximum Gasteiger partial charge on any atom is 0.265 e. The van der Waals surface area contributed by atoms with Crippen LogP contribution in [0.15, 0.2) is 42.5 Å². The summed E-state index contributed by atoms with van der Waals surface area (Å²) in [6, 6.07) is 13.9. The monoisotopic (exact) mass is 311 g/mol. The lowest BCUT2D eigenvalue weighted by molar-refractivity contribution is -0.122. The second kappa shape index (κ2) is 7.32. The number of carbonyl (C=O) groups excluding carboxylic acids is 1. The molecule has 0 radical (unpaired) electrons. The van der Waals surface area contributed by atoms with Gasteiger partial charge in [0.15, 0.2) is 6.10 Å². The predicted molar refractivity (Wildman–Crippen MR) is 95.2 cm³/mol. The molecule has 0 heterocycles. The summed E-state index contributed by atoms with van der Waals surface area (Å²) >= 11 is 0. The fourth-order valence-electron chi connectivity index (χ4n) is 2.27. The topological polar surface area (TPSA) is 38.3 Å². The largest absolute Gasteiger partial charge is 0.481 e. The molecule has 3 heteroatoms. The van der Waals surface area contributed by atoms with Crippen LogP contribution in [0.4, 0.5) is 5.69 Å². The first kappa shape index (κ1) is 17.1. The van der Waals surface area contributed by atoms with Crippen molar-refractivity contribution in [3.8, 4) is 5.75 Å². The molecule has 122 valence electrons. The number of aryl methyl sites for hydroxylation is 2.